The van der Waals surface area contributed by atoms with Crippen molar-refractivity contribution in [2.45, 2.75) is 45.7 Å². The number of thiophene rings is 1. The molecule has 1 nitrogen and oxygen atoms in total. The van der Waals surface area contributed by atoms with E-state index in [1.165, 1.54) is 16.7 Å². The molecule has 0 aliphatic rings. The van der Waals surface area contributed by atoms with Crippen molar-refractivity contribution in [2.24, 2.45) is 0 Å². The summed E-state index contributed by atoms with van der Waals surface area (Å²) in [4.78, 5) is 0. The molecule has 19 heavy (non-hydrogen) atoms. The van der Waals surface area contributed by atoms with Crippen LogP contribution in [-0.2, 0) is 13.0 Å². The summed E-state index contributed by atoms with van der Waals surface area (Å²) in [5, 5.41) is 7.97. The predicted molar refractivity (Wildman–Crippen MR) is 84.9 cm³/mol. The molecule has 0 spiro atoms. The minimum Gasteiger partial charge on any atom is -0.310 e. The van der Waals surface area contributed by atoms with Gasteiger partial charge < -0.3 is 5.32 Å². The van der Waals surface area contributed by atoms with E-state index < -0.39 is 0 Å². The van der Waals surface area contributed by atoms with Gasteiger partial charge in [0.15, 0.2) is 0 Å². The van der Waals surface area contributed by atoms with E-state index in [9.17, 15) is 0 Å². The lowest BCUT2D eigenvalue weighted by atomic mass is 10.0. The molecule has 0 bridgehead atoms. The van der Waals surface area contributed by atoms with E-state index in [1.807, 2.05) is 0 Å². The fourth-order valence-corrected chi connectivity index (χ4v) is 2.83. The van der Waals surface area contributed by atoms with Gasteiger partial charge in [0.25, 0.3) is 0 Å². The van der Waals surface area contributed by atoms with Crippen LogP contribution in [0.25, 0.3) is 0 Å². The molecule has 1 aromatic carbocycles. The monoisotopic (exact) mass is 273 g/mol. The molecule has 0 amide bonds. The molecule has 0 radical (unpaired) electrons. The number of nitrogens with one attached hydrogen (secondary N) is 1. The Morgan fingerprint density at radius 3 is 2.32 bits per heavy atom. The third kappa shape index (κ3) is 4.48. The van der Waals surface area contributed by atoms with E-state index in [-0.39, 0.29) is 0 Å². The molecule has 1 heterocycles. The molecule has 2 aromatic rings. The first kappa shape index (κ1) is 14.3. The Balaban J connectivity index is 1.81. The highest BCUT2D eigenvalue weighted by atomic mass is 32.1. The molecule has 0 aliphatic carbocycles. The van der Waals surface area contributed by atoms with E-state index in [2.05, 4.69) is 67.2 Å². The van der Waals surface area contributed by atoms with Gasteiger partial charge in [0.1, 0.15) is 0 Å². The SMILES string of the molecule is CC(Cc1ccsc1)NCc1ccc(C(C)C)cc1. The molecule has 2 rings (SSSR count). The van der Waals surface area contributed by atoms with Crippen LogP contribution in [0.5, 0.6) is 0 Å². The molecule has 1 N–H and O–H groups in total. The first-order valence-electron chi connectivity index (χ1n) is 6.98. The van der Waals surface area contributed by atoms with Crippen LogP contribution in [0.3, 0.4) is 0 Å². The van der Waals surface area contributed by atoms with Crippen LogP contribution < -0.4 is 5.32 Å². The van der Waals surface area contributed by atoms with Crippen LogP contribution >= 0.6 is 11.3 Å². The highest BCUT2D eigenvalue weighted by molar-refractivity contribution is 7.07. The van der Waals surface area contributed by atoms with Gasteiger partial charge in [-0.3, -0.25) is 0 Å². The summed E-state index contributed by atoms with van der Waals surface area (Å²) in [6.07, 6.45) is 1.10. The van der Waals surface area contributed by atoms with Crippen molar-refractivity contribution in [1.82, 2.24) is 5.32 Å². The largest absolute Gasteiger partial charge is 0.310 e. The maximum absolute atomic E-state index is 3.59. The fourth-order valence-electron chi connectivity index (χ4n) is 2.15. The van der Waals surface area contributed by atoms with Crippen LogP contribution in [0, 0.1) is 0 Å². The molecule has 0 saturated carbocycles. The average Bonchev–Trinajstić information content (AvgIpc) is 2.89. The molecule has 1 unspecified atom stereocenters. The lowest BCUT2D eigenvalue weighted by molar-refractivity contribution is 0.546. The zero-order valence-corrected chi connectivity index (χ0v) is 12.8. The maximum Gasteiger partial charge on any atom is 0.0208 e. The molecular weight excluding hydrogens is 250 g/mol. The van der Waals surface area contributed by atoms with E-state index in [0.29, 0.717) is 12.0 Å². The van der Waals surface area contributed by atoms with Crippen molar-refractivity contribution in [3.63, 3.8) is 0 Å². The van der Waals surface area contributed by atoms with Gasteiger partial charge in [0.2, 0.25) is 0 Å². The number of hydrogen-bond donors (Lipinski definition) is 1. The molecule has 1 aromatic heterocycles. The summed E-state index contributed by atoms with van der Waals surface area (Å²) in [6, 6.07) is 11.7. The summed E-state index contributed by atoms with van der Waals surface area (Å²) in [7, 11) is 0. The lowest BCUT2D eigenvalue weighted by Gasteiger charge is -2.13. The minimum absolute atomic E-state index is 0.513. The van der Waals surface area contributed by atoms with Crippen molar-refractivity contribution in [2.75, 3.05) is 0 Å². The third-order valence-corrected chi connectivity index (χ3v) is 4.16. The van der Waals surface area contributed by atoms with Crippen LogP contribution in [0.15, 0.2) is 41.1 Å². The maximum atomic E-state index is 3.59. The van der Waals surface area contributed by atoms with Crippen LogP contribution in [0.4, 0.5) is 0 Å². The Labute approximate surface area is 120 Å². The van der Waals surface area contributed by atoms with Crippen molar-refractivity contribution in [3.8, 4) is 0 Å². The van der Waals surface area contributed by atoms with Gasteiger partial charge in [-0.05, 0) is 52.8 Å². The van der Waals surface area contributed by atoms with Gasteiger partial charge in [-0.15, -0.1) is 0 Å². The van der Waals surface area contributed by atoms with E-state index in [1.54, 1.807) is 11.3 Å². The van der Waals surface area contributed by atoms with Crippen molar-refractivity contribution >= 4 is 11.3 Å². The second-order valence-electron chi connectivity index (χ2n) is 5.51. The van der Waals surface area contributed by atoms with Gasteiger partial charge in [-0.25, -0.2) is 0 Å². The first-order chi connectivity index (χ1) is 9.15. The molecule has 102 valence electrons. The van der Waals surface area contributed by atoms with E-state index >= 15 is 0 Å². The van der Waals surface area contributed by atoms with Crippen LogP contribution in [-0.4, -0.2) is 6.04 Å². The van der Waals surface area contributed by atoms with Gasteiger partial charge >= 0.3 is 0 Å². The Morgan fingerprint density at radius 2 is 1.74 bits per heavy atom. The lowest BCUT2D eigenvalue weighted by Crippen LogP contribution is -2.27. The first-order valence-corrected chi connectivity index (χ1v) is 7.92. The van der Waals surface area contributed by atoms with Gasteiger partial charge in [-0.1, -0.05) is 38.1 Å². The van der Waals surface area contributed by atoms with Crippen molar-refractivity contribution in [3.05, 3.63) is 57.8 Å². The van der Waals surface area contributed by atoms with Crippen LogP contribution in [0.2, 0.25) is 0 Å². The fraction of sp³-hybridized carbons (Fsp3) is 0.412. The molecule has 2 heteroatoms. The number of benzene rings is 1. The standard InChI is InChI=1S/C17H23NS/c1-13(2)17-6-4-15(5-7-17)11-18-14(3)10-16-8-9-19-12-16/h4-9,12-14,18H,10-11H2,1-3H3. The summed E-state index contributed by atoms with van der Waals surface area (Å²) in [6.45, 7) is 7.66. The third-order valence-electron chi connectivity index (χ3n) is 3.42. The summed E-state index contributed by atoms with van der Waals surface area (Å²) >= 11 is 1.77. The zero-order valence-electron chi connectivity index (χ0n) is 12.0. The van der Waals surface area contributed by atoms with Gasteiger partial charge in [0, 0.05) is 12.6 Å². The summed E-state index contributed by atoms with van der Waals surface area (Å²) in [5.41, 5.74) is 4.21. The Bertz CT molecular complexity index is 470. The van der Waals surface area contributed by atoms with Gasteiger partial charge in [0.05, 0.1) is 0 Å². The smallest absolute Gasteiger partial charge is 0.0208 e. The van der Waals surface area contributed by atoms with E-state index in [4.69, 9.17) is 0 Å². The number of hydrogen-bond acceptors (Lipinski definition) is 2. The van der Waals surface area contributed by atoms with E-state index in [0.717, 1.165) is 13.0 Å². The summed E-state index contributed by atoms with van der Waals surface area (Å²) in [5.74, 6) is 0.611. The Hall–Kier alpha value is -1.12. The second kappa shape index (κ2) is 6.88. The number of rotatable bonds is 6. The minimum atomic E-state index is 0.513. The molecular formula is C17H23NS. The molecule has 1 atom stereocenters. The highest BCUT2D eigenvalue weighted by Gasteiger charge is 2.04. The van der Waals surface area contributed by atoms with Crippen molar-refractivity contribution in [1.29, 1.82) is 0 Å². The molecule has 0 fully saturated rings. The zero-order chi connectivity index (χ0) is 13.7. The topological polar surface area (TPSA) is 12.0 Å². The molecule has 0 saturated heterocycles. The van der Waals surface area contributed by atoms with Crippen LogP contribution in [0.1, 0.15) is 43.4 Å². The quantitative estimate of drug-likeness (QED) is 0.811. The van der Waals surface area contributed by atoms with Crippen molar-refractivity contribution < 1.29 is 0 Å². The highest BCUT2D eigenvalue weighted by Crippen LogP contribution is 2.15. The second-order valence-corrected chi connectivity index (χ2v) is 6.29. The normalized spacial score (nSPS) is 12.8. The predicted octanol–water partition coefficient (Wildman–Crippen LogP) is 4.59. The summed E-state index contributed by atoms with van der Waals surface area (Å²) < 4.78 is 0. The average molecular weight is 273 g/mol. The molecule has 0 aliphatic heterocycles. The Kier molecular flexibility index (Phi) is 5.17. The van der Waals surface area contributed by atoms with Gasteiger partial charge in [-0.2, -0.15) is 11.3 Å². The Morgan fingerprint density at radius 1 is 1.00 bits per heavy atom.